The molecule has 7 heteroatoms. The van der Waals surface area contributed by atoms with Crippen molar-refractivity contribution in [2.75, 3.05) is 13.7 Å². The molecule has 4 nitrogen and oxygen atoms in total. The van der Waals surface area contributed by atoms with Crippen LogP contribution in [0.3, 0.4) is 0 Å². The minimum Gasteiger partial charge on any atom is -0.497 e. The average molecular weight is 310 g/mol. The van der Waals surface area contributed by atoms with E-state index >= 15 is 0 Å². The van der Waals surface area contributed by atoms with Gasteiger partial charge in [-0.1, -0.05) is 6.58 Å². The first-order valence-electron chi connectivity index (χ1n) is 6.61. The quantitative estimate of drug-likeness (QED) is 0.800. The number of allylic oxidation sites excluding steroid dienone is 1. The number of carbonyl (C=O) groups is 1. The van der Waals surface area contributed by atoms with Gasteiger partial charge in [0, 0.05) is 18.5 Å². The Hall–Kier alpha value is -2.31. The van der Waals surface area contributed by atoms with Gasteiger partial charge in [0.1, 0.15) is 5.75 Å². The van der Waals surface area contributed by atoms with Crippen molar-refractivity contribution in [2.45, 2.75) is 18.0 Å². The van der Waals surface area contributed by atoms with E-state index in [9.17, 15) is 18.0 Å². The van der Waals surface area contributed by atoms with Gasteiger partial charge in [-0.3, -0.25) is 9.79 Å². The van der Waals surface area contributed by atoms with E-state index < -0.39 is 17.5 Å². The van der Waals surface area contributed by atoms with E-state index in [4.69, 9.17) is 4.74 Å². The van der Waals surface area contributed by atoms with Crippen LogP contribution in [-0.2, 0) is 10.2 Å². The Bertz CT molecular complexity index is 697. The van der Waals surface area contributed by atoms with Crippen LogP contribution in [0, 0.1) is 0 Å². The van der Waals surface area contributed by atoms with E-state index in [2.05, 4.69) is 11.6 Å². The first kappa shape index (κ1) is 14.6. The molecule has 0 aromatic heterocycles. The number of benzene rings is 1. The van der Waals surface area contributed by atoms with Gasteiger partial charge in [-0.05, 0) is 30.2 Å². The Balaban J connectivity index is 2.01. The van der Waals surface area contributed by atoms with Gasteiger partial charge in [-0.15, -0.1) is 0 Å². The lowest BCUT2D eigenvalue weighted by atomic mass is 9.79. The molecule has 1 spiro atoms. The average Bonchev–Trinajstić information content (AvgIpc) is 3.00. The van der Waals surface area contributed by atoms with Crippen molar-refractivity contribution >= 4 is 17.8 Å². The number of nitrogens with zero attached hydrogens (tertiary/aromatic N) is 2. The van der Waals surface area contributed by atoms with E-state index in [-0.39, 0.29) is 12.2 Å². The van der Waals surface area contributed by atoms with Crippen LogP contribution in [-0.4, -0.2) is 36.9 Å². The first-order chi connectivity index (χ1) is 10.3. The molecule has 1 fully saturated rings. The second-order valence-corrected chi connectivity index (χ2v) is 5.26. The van der Waals surface area contributed by atoms with Crippen LogP contribution >= 0.6 is 0 Å². The standard InChI is InChI=1S/C15H13F3N2O2/c1-9-14(5-6-20(9)13(21)15(16,17)18)8-19-12-4-3-10(22-2)7-11(12)14/h3-4,7-8H,1,5-6H2,2H3. The molecule has 2 heterocycles. The third-order valence-corrected chi connectivity index (χ3v) is 4.17. The van der Waals surface area contributed by atoms with Crippen molar-refractivity contribution in [1.82, 2.24) is 4.90 Å². The maximum atomic E-state index is 12.7. The molecule has 0 radical (unpaired) electrons. The van der Waals surface area contributed by atoms with Gasteiger partial charge in [0.2, 0.25) is 0 Å². The summed E-state index contributed by atoms with van der Waals surface area (Å²) in [6.07, 6.45) is -3.03. The van der Waals surface area contributed by atoms with E-state index in [1.807, 2.05) is 0 Å². The van der Waals surface area contributed by atoms with E-state index in [0.717, 1.165) is 0 Å². The largest absolute Gasteiger partial charge is 0.497 e. The molecule has 0 bridgehead atoms. The van der Waals surface area contributed by atoms with Crippen molar-refractivity contribution in [3.05, 3.63) is 36.0 Å². The number of rotatable bonds is 1. The van der Waals surface area contributed by atoms with Crippen LogP contribution < -0.4 is 4.74 Å². The molecule has 2 aliphatic rings. The van der Waals surface area contributed by atoms with Gasteiger partial charge in [0.15, 0.2) is 0 Å². The van der Waals surface area contributed by atoms with Crippen LogP contribution in [0.25, 0.3) is 0 Å². The first-order valence-corrected chi connectivity index (χ1v) is 6.61. The number of methoxy groups -OCH3 is 1. The molecule has 3 rings (SSSR count). The van der Waals surface area contributed by atoms with E-state index in [0.29, 0.717) is 28.3 Å². The summed E-state index contributed by atoms with van der Waals surface area (Å²) in [7, 11) is 1.51. The zero-order chi connectivity index (χ0) is 16.1. The summed E-state index contributed by atoms with van der Waals surface area (Å²) in [6, 6.07) is 5.20. The summed E-state index contributed by atoms with van der Waals surface area (Å²) >= 11 is 0. The minimum atomic E-state index is -4.92. The van der Waals surface area contributed by atoms with Crippen LogP contribution in [0.1, 0.15) is 12.0 Å². The van der Waals surface area contributed by atoms with Crippen LogP contribution in [0.15, 0.2) is 35.5 Å². The number of likely N-dealkylation sites (tertiary alicyclic amines) is 1. The molecule has 0 aliphatic carbocycles. The topological polar surface area (TPSA) is 41.9 Å². The molecule has 1 amide bonds. The monoisotopic (exact) mass is 310 g/mol. The van der Waals surface area contributed by atoms with Crippen molar-refractivity contribution < 1.29 is 22.7 Å². The number of alkyl halides is 3. The molecule has 22 heavy (non-hydrogen) atoms. The van der Waals surface area contributed by atoms with Gasteiger partial charge in [-0.25, -0.2) is 0 Å². The summed E-state index contributed by atoms with van der Waals surface area (Å²) in [5.74, 6) is -1.31. The molecule has 1 aromatic carbocycles. The number of fused-ring (bicyclic) bond motifs is 2. The van der Waals surface area contributed by atoms with Gasteiger partial charge in [-0.2, -0.15) is 13.2 Å². The van der Waals surface area contributed by atoms with Crippen LogP contribution in [0.4, 0.5) is 18.9 Å². The fourth-order valence-electron chi connectivity index (χ4n) is 2.98. The summed E-state index contributed by atoms with van der Waals surface area (Å²) < 4.78 is 43.2. The highest BCUT2D eigenvalue weighted by Crippen LogP contribution is 2.49. The molecular formula is C15H13F3N2O2. The maximum absolute atomic E-state index is 12.7. The molecule has 0 N–H and O–H groups in total. The van der Waals surface area contributed by atoms with Gasteiger partial charge < -0.3 is 9.64 Å². The Labute approximate surface area is 124 Å². The predicted molar refractivity (Wildman–Crippen MR) is 74.3 cm³/mol. The number of carbonyl (C=O) groups excluding carboxylic acids is 1. The maximum Gasteiger partial charge on any atom is 0.471 e. The molecule has 1 aromatic rings. The molecular weight excluding hydrogens is 297 g/mol. The molecule has 2 aliphatic heterocycles. The number of amides is 1. The lowest BCUT2D eigenvalue weighted by Gasteiger charge is -2.26. The fraction of sp³-hybridized carbons (Fsp3) is 0.333. The summed E-state index contributed by atoms with van der Waals surface area (Å²) in [4.78, 5) is 16.5. The second kappa shape index (κ2) is 4.59. The van der Waals surface area contributed by atoms with Gasteiger partial charge in [0.25, 0.3) is 0 Å². The Morgan fingerprint density at radius 1 is 1.45 bits per heavy atom. The molecule has 1 saturated heterocycles. The third kappa shape index (κ3) is 1.92. The molecule has 0 saturated carbocycles. The highest BCUT2D eigenvalue weighted by Gasteiger charge is 2.53. The Kier molecular flexibility index (Phi) is 3.05. The van der Waals surface area contributed by atoms with Gasteiger partial charge >= 0.3 is 12.1 Å². The van der Waals surface area contributed by atoms with Crippen molar-refractivity contribution in [2.24, 2.45) is 4.99 Å². The molecule has 1 unspecified atom stereocenters. The zero-order valence-electron chi connectivity index (χ0n) is 11.8. The lowest BCUT2D eigenvalue weighted by molar-refractivity contribution is -0.182. The van der Waals surface area contributed by atoms with E-state index in [1.165, 1.54) is 7.11 Å². The van der Waals surface area contributed by atoms with Gasteiger partial charge in [0.05, 0.1) is 18.2 Å². The molecule has 116 valence electrons. The smallest absolute Gasteiger partial charge is 0.471 e. The Morgan fingerprint density at radius 3 is 2.82 bits per heavy atom. The van der Waals surface area contributed by atoms with Crippen molar-refractivity contribution in [3.8, 4) is 5.75 Å². The number of hydrogen-bond acceptors (Lipinski definition) is 3. The normalized spacial score (nSPS) is 23.3. The molecule has 1 atom stereocenters. The highest BCUT2D eigenvalue weighted by molar-refractivity contribution is 5.93. The lowest BCUT2D eigenvalue weighted by Crippen LogP contribution is -2.40. The third-order valence-electron chi connectivity index (χ3n) is 4.17. The van der Waals surface area contributed by atoms with Crippen molar-refractivity contribution in [3.63, 3.8) is 0 Å². The number of hydrogen-bond donors (Lipinski definition) is 0. The summed E-state index contributed by atoms with van der Waals surface area (Å²) in [6.45, 7) is 3.69. The van der Waals surface area contributed by atoms with E-state index in [1.54, 1.807) is 24.4 Å². The second-order valence-electron chi connectivity index (χ2n) is 5.26. The SMILES string of the molecule is C=C1N(C(=O)C(F)(F)F)CCC12C=Nc1ccc(OC)cc12. The Morgan fingerprint density at radius 2 is 2.18 bits per heavy atom. The highest BCUT2D eigenvalue weighted by atomic mass is 19.4. The van der Waals surface area contributed by atoms with Crippen molar-refractivity contribution in [1.29, 1.82) is 0 Å². The minimum absolute atomic E-state index is 0.0418. The van der Waals surface area contributed by atoms with Crippen LogP contribution in [0.5, 0.6) is 5.75 Å². The number of aliphatic imine (C=N–C) groups is 1. The summed E-state index contributed by atoms with van der Waals surface area (Å²) in [5.41, 5.74) is 0.605. The number of ether oxygens (including phenoxy) is 1. The summed E-state index contributed by atoms with van der Waals surface area (Å²) in [5, 5.41) is 0. The number of halogens is 3. The zero-order valence-corrected chi connectivity index (χ0v) is 11.8. The van der Waals surface area contributed by atoms with Crippen LogP contribution in [0.2, 0.25) is 0 Å². The fourth-order valence-corrected chi connectivity index (χ4v) is 2.98. The predicted octanol–water partition coefficient (Wildman–Crippen LogP) is 2.96.